The molecule has 0 spiro atoms. The molecular formula is C14H22N2O4S. The number of rotatable bonds is 7. The van der Waals surface area contributed by atoms with E-state index in [0.717, 1.165) is 17.0 Å². The maximum atomic E-state index is 11.9. The number of esters is 1. The molecule has 1 aromatic heterocycles. The molecule has 0 aromatic carbocycles. The number of thiazole rings is 1. The van der Waals surface area contributed by atoms with Crippen LogP contribution in [0.2, 0.25) is 0 Å². The number of amides is 1. The van der Waals surface area contributed by atoms with Gasteiger partial charge in [0.15, 0.2) is 0 Å². The predicted molar refractivity (Wildman–Crippen MR) is 81.3 cm³/mol. The van der Waals surface area contributed by atoms with Gasteiger partial charge in [0.05, 0.1) is 7.11 Å². The van der Waals surface area contributed by atoms with E-state index in [1.165, 1.54) is 7.11 Å². The number of hydrogen-bond acceptors (Lipinski definition) is 5. The Morgan fingerprint density at radius 2 is 2.10 bits per heavy atom. The summed E-state index contributed by atoms with van der Waals surface area (Å²) >= 11 is 1.16. The molecule has 0 radical (unpaired) electrons. The van der Waals surface area contributed by atoms with Crippen LogP contribution in [0.25, 0.3) is 0 Å². The van der Waals surface area contributed by atoms with Crippen molar-refractivity contribution in [3.8, 4) is 0 Å². The molecule has 1 unspecified atom stereocenters. The Balaban J connectivity index is 2.47. The lowest BCUT2D eigenvalue weighted by Crippen LogP contribution is -2.45. The normalized spacial score (nSPS) is 12.2. The van der Waals surface area contributed by atoms with Crippen LogP contribution >= 0.6 is 11.3 Å². The first kappa shape index (κ1) is 17.4. The Morgan fingerprint density at radius 1 is 1.43 bits per heavy atom. The van der Waals surface area contributed by atoms with Crippen molar-refractivity contribution in [2.75, 3.05) is 7.11 Å². The van der Waals surface area contributed by atoms with Crippen molar-refractivity contribution in [2.45, 2.75) is 46.2 Å². The van der Waals surface area contributed by atoms with Gasteiger partial charge in [-0.3, -0.25) is 9.59 Å². The Bertz CT molecular complexity index is 547. The number of hydrogen-bond donors (Lipinski definition) is 1. The van der Waals surface area contributed by atoms with Gasteiger partial charge in [0, 0.05) is 24.0 Å². The third-order valence-corrected chi connectivity index (χ3v) is 4.08. The first-order valence-corrected chi connectivity index (χ1v) is 7.77. The zero-order chi connectivity index (χ0) is 16.0. The van der Waals surface area contributed by atoms with Gasteiger partial charge in [-0.1, -0.05) is 25.2 Å². The molecular weight excluding hydrogens is 292 g/mol. The fourth-order valence-corrected chi connectivity index (χ4v) is 2.70. The van der Waals surface area contributed by atoms with Crippen molar-refractivity contribution < 1.29 is 14.3 Å². The highest BCUT2D eigenvalue weighted by molar-refractivity contribution is 7.07. The first-order valence-electron chi connectivity index (χ1n) is 6.89. The minimum absolute atomic E-state index is 0.0116. The Hall–Kier alpha value is -1.63. The SMILES string of the molecule is COC(=O)C(NC(=O)CCCn1c(C)csc1=O)C(C)C. The van der Waals surface area contributed by atoms with Crippen LogP contribution in [0.4, 0.5) is 0 Å². The first-order chi connectivity index (χ1) is 9.86. The second-order valence-electron chi connectivity index (χ2n) is 5.21. The van der Waals surface area contributed by atoms with Crippen LogP contribution in [0.3, 0.4) is 0 Å². The molecule has 0 aliphatic rings. The maximum Gasteiger partial charge on any atom is 0.328 e. The average Bonchev–Trinajstić information content (AvgIpc) is 2.75. The Labute approximate surface area is 128 Å². The lowest BCUT2D eigenvalue weighted by Gasteiger charge is -2.19. The standard InChI is InChI=1S/C14H22N2O4S/c1-9(2)12(13(18)20-4)15-11(17)6-5-7-16-10(3)8-21-14(16)19/h8-9,12H,5-7H2,1-4H3,(H,15,17). The van der Waals surface area contributed by atoms with Gasteiger partial charge in [-0.2, -0.15) is 0 Å². The largest absolute Gasteiger partial charge is 0.467 e. The molecule has 0 fully saturated rings. The number of nitrogens with zero attached hydrogens (tertiary/aromatic N) is 1. The molecule has 1 amide bonds. The second kappa shape index (κ2) is 7.97. The van der Waals surface area contributed by atoms with E-state index in [1.54, 1.807) is 9.95 Å². The molecule has 1 rings (SSSR count). The molecule has 0 saturated heterocycles. The van der Waals surface area contributed by atoms with Gasteiger partial charge in [-0.05, 0) is 19.3 Å². The summed E-state index contributed by atoms with van der Waals surface area (Å²) in [5.74, 6) is -0.689. The van der Waals surface area contributed by atoms with Crippen molar-refractivity contribution in [3.05, 3.63) is 20.7 Å². The third kappa shape index (κ3) is 5.00. The van der Waals surface area contributed by atoms with Crippen LogP contribution < -0.4 is 10.2 Å². The minimum atomic E-state index is -0.631. The molecule has 0 aliphatic heterocycles. The summed E-state index contributed by atoms with van der Waals surface area (Å²) in [7, 11) is 1.30. The smallest absolute Gasteiger partial charge is 0.328 e. The fraction of sp³-hybridized carbons (Fsp3) is 0.643. The van der Waals surface area contributed by atoms with Crippen molar-refractivity contribution in [1.29, 1.82) is 0 Å². The van der Waals surface area contributed by atoms with Crippen LogP contribution in [0.1, 0.15) is 32.4 Å². The molecule has 0 aliphatic carbocycles. The number of methoxy groups -OCH3 is 1. The molecule has 7 heteroatoms. The number of ether oxygens (including phenoxy) is 1. The second-order valence-corrected chi connectivity index (χ2v) is 6.03. The van der Waals surface area contributed by atoms with E-state index in [9.17, 15) is 14.4 Å². The van der Waals surface area contributed by atoms with Crippen molar-refractivity contribution in [1.82, 2.24) is 9.88 Å². The molecule has 1 aromatic rings. The summed E-state index contributed by atoms with van der Waals surface area (Å²) < 4.78 is 6.32. The number of aryl methyl sites for hydroxylation is 1. The minimum Gasteiger partial charge on any atom is -0.467 e. The zero-order valence-electron chi connectivity index (χ0n) is 12.8. The van der Waals surface area contributed by atoms with E-state index in [-0.39, 0.29) is 23.1 Å². The summed E-state index contributed by atoms with van der Waals surface area (Å²) in [6, 6.07) is -0.631. The van der Waals surface area contributed by atoms with Crippen molar-refractivity contribution in [3.63, 3.8) is 0 Å². The zero-order valence-corrected chi connectivity index (χ0v) is 13.7. The molecule has 6 nitrogen and oxygen atoms in total. The summed E-state index contributed by atoms with van der Waals surface area (Å²) in [6.45, 7) is 6.06. The molecule has 1 atom stereocenters. The van der Waals surface area contributed by atoms with E-state index >= 15 is 0 Å². The lowest BCUT2D eigenvalue weighted by atomic mass is 10.0. The lowest BCUT2D eigenvalue weighted by molar-refractivity contribution is -0.146. The number of carbonyl (C=O) groups excluding carboxylic acids is 2. The highest BCUT2D eigenvalue weighted by Crippen LogP contribution is 2.06. The summed E-state index contributed by atoms with van der Waals surface area (Å²) in [5, 5.41) is 4.48. The van der Waals surface area contributed by atoms with Crippen LogP contribution in [-0.2, 0) is 20.9 Å². The molecule has 1 heterocycles. The van der Waals surface area contributed by atoms with Gasteiger partial charge in [0.1, 0.15) is 6.04 Å². The molecule has 0 bridgehead atoms. The third-order valence-electron chi connectivity index (χ3n) is 3.20. The maximum absolute atomic E-state index is 11.9. The number of carbonyl (C=O) groups is 2. The van der Waals surface area contributed by atoms with Gasteiger partial charge >= 0.3 is 10.8 Å². The number of aromatic nitrogens is 1. The van der Waals surface area contributed by atoms with Gasteiger partial charge in [0.25, 0.3) is 0 Å². The topological polar surface area (TPSA) is 77.4 Å². The van der Waals surface area contributed by atoms with Crippen LogP contribution in [0.5, 0.6) is 0 Å². The summed E-state index contributed by atoms with van der Waals surface area (Å²) in [5.41, 5.74) is 0.903. The highest BCUT2D eigenvalue weighted by atomic mass is 32.1. The average molecular weight is 314 g/mol. The van der Waals surface area contributed by atoms with Crippen LogP contribution in [0, 0.1) is 12.8 Å². The van der Waals surface area contributed by atoms with Gasteiger partial charge < -0.3 is 14.6 Å². The van der Waals surface area contributed by atoms with Crippen molar-refractivity contribution in [2.24, 2.45) is 5.92 Å². The highest BCUT2D eigenvalue weighted by Gasteiger charge is 2.24. The predicted octanol–water partition coefficient (Wildman–Crippen LogP) is 1.31. The fourth-order valence-electron chi connectivity index (χ4n) is 1.94. The Morgan fingerprint density at radius 3 is 2.57 bits per heavy atom. The van der Waals surface area contributed by atoms with Crippen LogP contribution in [0.15, 0.2) is 10.2 Å². The quantitative estimate of drug-likeness (QED) is 0.770. The molecule has 0 saturated carbocycles. The van der Waals surface area contributed by atoms with Gasteiger partial charge in [0.2, 0.25) is 5.91 Å². The van der Waals surface area contributed by atoms with E-state index in [1.807, 2.05) is 20.8 Å². The molecule has 21 heavy (non-hydrogen) atoms. The van der Waals surface area contributed by atoms with Gasteiger partial charge in [-0.25, -0.2) is 4.79 Å². The van der Waals surface area contributed by atoms with Crippen LogP contribution in [-0.4, -0.2) is 29.6 Å². The summed E-state index contributed by atoms with van der Waals surface area (Å²) in [6.07, 6.45) is 0.817. The molecule has 118 valence electrons. The molecule has 1 N–H and O–H groups in total. The van der Waals surface area contributed by atoms with Crippen molar-refractivity contribution >= 4 is 23.2 Å². The van der Waals surface area contributed by atoms with E-state index in [4.69, 9.17) is 0 Å². The summed E-state index contributed by atoms with van der Waals surface area (Å²) in [4.78, 5) is 34.9. The van der Waals surface area contributed by atoms with E-state index in [0.29, 0.717) is 13.0 Å². The Kier molecular flexibility index (Phi) is 6.61. The number of nitrogens with one attached hydrogen (secondary N) is 1. The monoisotopic (exact) mass is 314 g/mol. The van der Waals surface area contributed by atoms with Gasteiger partial charge in [-0.15, -0.1) is 0 Å². The van der Waals surface area contributed by atoms with E-state index < -0.39 is 12.0 Å². The van der Waals surface area contributed by atoms with E-state index in [2.05, 4.69) is 10.1 Å².